The second-order valence-electron chi connectivity index (χ2n) is 15.5. The van der Waals surface area contributed by atoms with Crippen LogP contribution >= 0.6 is 0 Å². The van der Waals surface area contributed by atoms with Gasteiger partial charge in [-0.05, 0) is 98.2 Å². The highest BCUT2D eigenvalue weighted by atomic mass is 28.4. The molecule has 2 fully saturated rings. The van der Waals surface area contributed by atoms with Gasteiger partial charge in [-0.2, -0.15) is 0 Å². The number of rotatable bonds is 13. The normalized spacial score (nSPS) is 37.0. The van der Waals surface area contributed by atoms with Gasteiger partial charge >= 0.3 is 5.97 Å². The zero-order valence-electron chi connectivity index (χ0n) is 27.7. The van der Waals surface area contributed by atoms with Crippen LogP contribution in [0.2, 0.25) is 18.1 Å². The molecule has 5 nitrogen and oxygen atoms in total. The summed E-state index contributed by atoms with van der Waals surface area (Å²) in [6, 6.07) is 3.24. The zero-order valence-corrected chi connectivity index (χ0v) is 28.7. The van der Waals surface area contributed by atoms with Crippen LogP contribution in [0.5, 0.6) is 0 Å². The highest BCUT2D eigenvalue weighted by Crippen LogP contribution is 2.68. The molecule has 4 rings (SSSR count). The standard InChI is InChI=1S/C35H62O5Si/c1-9-41(10-2,11-3)40-27-17-20-34(8)30-18-19-33(7)28(25(6)14-12-13-24(4)5)15-16-29(33)31(30)39-32(38)35(34,22-27)21-26(37)23-36/h24-29,36-37H,9-23H2,1-8H3/t25-,26?,27+,28-,29+,33-,34-,35+/m1/s1. The highest BCUT2D eigenvalue weighted by Gasteiger charge is 2.66. The van der Waals surface area contributed by atoms with Crippen molar-refractivity contribution in [1.29, 1.82) is 0 Å². The second kappa shape index (κ2) is 12.7. The van der Waals surface area contributed by atoms with E-state index < -0.39 is 19.8 Å². The predicted octanol–water partition coefficient (Wildman–Crippen LogP) is 8.40. The summed E-state index contributed by atoms with van der Waals surface area (Å²) in [5.41, 5.74) is 0.292. The molecular weight excluding hydrogens is 528 g/mol. The molecular formula is C35H62O5Si. The van der Waals surface area contributed by atoms with Crippen molar-refractivity contribution < 1.29 is 24.2 Å². The molecule has 1 aliphatic heterocycles. The third-order valence-electron chi connectivity index (χ3n) is 13.1. The van der Waals surface area contributed by atoms with Gasteiger partial charge in [0.2, 0.25) is 0 Å². The van der Waals surface area contributed by atoms with Crippen molar-refractivity contribution in [2.75, 3.05) is 6.61 Å². The van der Waals surface area contributed by atoms with E-state index in [9.17, 15) is 15.0 Å². The summed E-state index contributed by atoms with van der Waals surface area (Å²) in [4.78, 5) is 14.4. The van der Waals surface area contributed by atoms with Gasteiger partial charge in [-0.25, -0.2) is 0 Å². The van der Waals surface area contributed by atoms with E-state index in [0.29, 0.717) is 24.2 Å². The number of allylic oxidation sites excluding steroid dienone is 2. The molecule has 0 aromatic rings. The maximum Gasteiger partial charge on any atom is 0.318 e. The Labute approximate surface area is 252 Å². The largest absolute Gasteiger partial charge is 0.430 e. The number of fused-ring (bicyclic) bond motifs is 4. The fraction of sp³-hybridized carbons (Fsp3) is 0.914. The van der Waals surface area contributed by atoms with E-state index in [1.165, 1.54) is 31.3 Å². The first-order valence-corrected chi connectivity index (χ1v) is 19.8. The lowest BCUT2D eigenvalue weighted by atomic mass is 9.47. The lowest BCUT2D eigenvalue weighted by Gasteiger charge is -2.59. The third kappa shape index (κ3) is 5.78. The van der Waals surface area contributed by atoms with Crippen molar-refractivity contribution in [3.8, 4) is 0 Å². The van der Waals surface area contributed by atoms with Gasteiger partial charge in [-0.3, -0.25) is 4.79 Å². The molecule has 0 spiro atoms. The number of aliphatic hydroxyl groups excluding tert-OH is 2. The van der Waals surface area contributed by atoms with E-state index in [1.807, 2.05) is 0 Å². The number of hydrogen-bond donors (Lipinski definition) is 2. The van der Waals surface area contributed by atoms with Crippen LogP contribution in [0.15, 0.2) is 11.3 Å². The van der Waals surface area contributed by atoms with E-state index in [2.05, 4.69) is 55.4 Å². The summed E-state index contributed by atoms with van der Waals surface area (Å²) in [6.45, 7) is 18.3. The number of carbonyl (C=O) groups excluding carboxylic acids is 1. The minimum atomic E-state index is -1.86. The van der Waals surface area contributed by atoms with Crippen LogP contribution in [0.25, 0.3) is 0 Å². The maximum atomic E-state index is 14.4. The predicted molar refractivity (Wildman–Crippen MR) is 169 cm³/mol. The van der Waals surface area contributed by atoms with Gasteiger partial charge in [0.25, 0.3) is 0 Å². The monoisotopic (exact) mass is 590 g/mol. The molecule has 0 aromatic carbocycles. The van der Waals surface area contributed by atoms with Crippen LogP contribution in [0.3, 0.4) is 0 Å². The van der Waals surface area contributed by atoms with Crippen LogP contribution in [0, 0.1) is 39.9 Å². The van der Waals surface area contributed by atoms with Crippen molar-refractivity contribution in [2.45, 2.75) is 156 Å². The summed E-state index contributed by atoms with van der Waals surface area (Å²) in [6.07, 6.45) is 10.1. The molecule has 0 aromatic heterocycles. The van der Waals surface area contributed by atoms with Gasteiger partial charge in [0.1, 0.15) is 5.76 Å². The van der Waals surface area contributed by atoms with E-state index >= 15 is 0 Å². The van der Waals surface area contributed by atoms with Crippen LogP contribution in [-0.4, -0.2) is 43.3 Å². The van der Waals surface area contributed by atoms with E-state index in [-0.39, 0.29) is 35.9 Å². The highest BCUT2D eigenvalue weighted by molar-refractivity contribution is 6.73. The Morgan fingerprint density at radius 3 is 2.32 bits per heavy atom. The van der Waals surface area contributed by atoms with Crippen molar-refractivity contribution in [2.24, 2.45) is 39.9 Å². The fourth-order valence-corrected chi connectivity index (χ4v) is 13.0. The lowest BCUT2D eigenvalue weighted by molar-refractivity contribution is -0.181. The Balaban J connectivity index is 1.66. The number of carbonyl (C=O) groups is 1. The quantitative estimate of drug-likeness (QED) is 0.166. The maximum absolute atomic E-state index is 14.4. The first-order valence-electron chi connectivity index (χ1n) is 17.3. The molecule has 8 atom stereocenters. The Hall–Kier alpha value is -0.693. The van der Waals surface area contributed by atoms with E-state index in [4.69, 9.17) is 9.16 Å². The molecule has 1 unspecified atom stereocenters. The van der Waals surface area contributed by atoms with Crippen LogP contribution in [0.1, 0.15) is 126 Å². The molecule has 2 N–H and O–H groups in total. The first-order chi connectivity index (χ1) is 19.3. The summed E-state index contributed by atoms with van der Waals surface area (Å²) in [7, 11) is -1.86. The van der Waals surface area contributed by atoms with E-state index in [0.717, 1.165) is 61.9 Å². The Morgan fingerprint density at radius 1 is 1.02 bits per heavy atom. The lowest BCUT2D eigenvalue weighted by Crippen LogP contribution is -2.60. The van der Waals surface area contributed by atoms with Crippen molar-refractivity contribution in [1.82, 2.24) is 0 Å². The summed E-state index contributed by atoms with van der Waals surface area (Å²) >= 11 is 0. The minimum absolute atomic E-state index is 0.00610. The fourth-order valence-electron chi connectivity index (χ4n) is 10.1. The summed E-state index contributed by atoms with van der Waals surface area (Å²) in [5.74, 6) is 3.24. The van der Waals surface area contributed by atoms with Crippen molar-refractivity contribution in [3.05, 3.63) is 11.3 Å². The molecule has 1 heterocycles. The number of esters is 1. The van der Waals surface area contributed by atoms with Crippen molar-refractivity contribution in [3.63, 3.8) is 0 Å². The second-order valence-corrected chi connectivity index (χ2v) is 20.2. The average molecular weight is 591 g/mol. The number of ether oxygens (including phenoxy) is 1. The Bertz CT molecular complexity index is 950. The number of aliphatic hydroxyl groups is 2. The number of hydrogen-bond acceptors (Lipinski definition) is 5. The molecule has 2 saturated carbocycles. The van der Waals surface area contributed by atoms with Gasteiger partial charge < -0.3 is 19.4 Å². The van der Waals surface area contributed by atoms with Gasteiger partial charge in [-0.15, -0.1) is 0 Å². The first kappa shape index (κ1) is 33.2. The molecule has 3 aliphatic carbocycles. The summed E-state index contributed by atoms with van der Waals surface area (Å²) in [5, 5.41) is 20.7. The topological polar surface area (TPSA) is 76.0 Å². The molecule has 6 heteroatoms. The SMILES string of the molecule is CC[Si](CC)(CC)O[C@H]1CC[C@]2(C)C3=C(OC(=O)[C@]2(CC(O)CO)C1)[C@@H]1CC[C@H]([C@H](C)CCCC(C)C)[C@@]1(C)CC3. The summed E-state index contributed by atoms with van der Waals surface area (Å²) < 4.78 is 13.5. The molecule has 0 bridgehead atoms. The van der Waals surface area contributed by atoms with Crippen LogP contribution < -0.4 is 0 Å². The van der Waals surface area contributed by atoms with Gasteiger partial charge in [-0.1, -0.05) is 74.7 Å². The molecule has 41 heavy (non-hydrogen) atoms. The molecule has 236 valence electrons. The van der Waals surface area contributed by atoms with E-state index in [1.54, 1.807) is 0 Å². The smallest absolute Gasteiger partial charge is 0.318 e. The molecule has 0 amide bonds. The van der Waals surface area contributed by atoms with Gasteiger partial charge in [0.15, 0.2) is 8.32 Å². The van der Waals surface area contributed by atoms with Gasteiger partial charge in [0.05, 0.1) is 18.1 Å². The van der Waals surface area contributed by atoms with Gasteiger partial charge in [0, 0.05) is 17.4 Å². The average Bonchev–Trinajstić information content (AvgIpc) is 3.30. The molecule has 0 saturated heterocycles. The molecule has 4 aliphatic rings. The van der Waals surface area contributed by atoms with Crippen LogP contribution in [0.4, 0.5) is 0 Å². The third-order valence-corrected chi connectivity index (χ3v) is 17.8. The zero-order chi connectivity index (χ0) is 30.2. The minimum Gasteiger partial charge on any atom is -0.430 e. The Morgan fingerprint density at radius 2 is 1.71 bits per heavy atom. The van der Waals surface area contributed by atoms with Crippen LogP contribution in [-0.2, 0) is 14.0 Å². The van der Waals surface area contributed by atoms with Crippen molar-refractivity contribution >= 4 is 14.3 Å². The Kier molecular flexibility index (Phi) is 10.3. The molecule has 0 radical (unpaired) electrons.